The van der Waals surface area contributed by atoms with Crippen LogP contribution in [0, 0.1) is 13.8 Å². The Hall–Kier alpha value is -2.03. The van der Waals surface area contributed by atoms with Crippen molar-refractivity contribution in [2.24, 2.45) is 15.2 Å². The number of hydrogen-bond acceptors (Lipinski definition) is 3. The summed E-state index contributed by atoms with van der Waals surface area (Å²) in [6.07, 6.45) is 0. The van der Waals surface area contributed by atoms with Gasteiger partial charge in [0, 0.05) is 5.71 Å². The zero-order valence-electron chi connectivity index (χ0n) is 15.6. The topological polar surface area (TPSA) is 37.1 Å². The fraction of sp³-hybridized carbons (Fsp3) is 0.450. The third-order valence-electron chi connectivity index (χ3n) is 5.22. The second kappa shape index (κ2) is 6.23. The fourth-order valence-electron chi connectivity index (χ4n) is 2.84. The Morgan fingerprint density at radius 1 is 0.957 bits per heavy atom. The molecule has 0 radical (unpaired) electrons. The van der Waals surface area contributed by atoms with E-state index in [0.717, 1.165) is 17.1 Å². The molecule has 0 aliphatic carbocycles. The smallest absolute Gasteiger partial charge is 0.138 e. The number of benzene rings is 1. The monoisotopic (exact) mass is 309 g/mol. The number of allylic oxidation sites excluding steroid dienone is 3. The first-order chi connectivity index (χ1) is 10.7. The lowest BCUT2D eigenvalue weighted by Gasteiger charge is -2.26. The van der Waals surface area contributed by atoms with Crippen LogP contribution in [0.1, 0.15) is 52.7 Å². The Bertz CT molecular complexity index is 743. The number of nitrogens with zero attached hydrogens (tertiary/aromatic N) is 3. The zero-order valence-corrected chi connectivity index (χ0v) is 15.6. The number of hydrogen-bond donors (Lipinski definition) is 0. The SMILES string of the molecule is CC(=Nc1c(C)cccc1C)C1(C)N=NC(C)=C(C)C(C)=C1C. The van der Waals surface area contributed by atoms with Crippen molar-refractivity contribution in [3.63, 3.8) is 0 Å². The molecule has 1 atom stereocenters. The van der Waals surface area contributed by atoms with Gasteiger partial charge in [-0.3, -0.25) is 4.99 Å². The van der Waals surface area contributed by atoms with Gasteiger partial charge in [-0.05, 0) is 83.2 Å². The van der Waals surface area contributed by atoms with Crippen LogP contribution in [0.5, 0.6) is 0 Å². The normalized spacial score (nSPS) is 22.7. The van der Waals surface area contributed by atoms with Crippen molar-refractivity contribution in [2.45, 2.75) is 60.9 Å². The minimum Gasteiger partial charge on any atom is -0.255 e. The predicted octanol–water partition coefficient (Wildman–Crippen LogP) is 6.25. The fourth-order valence-corrected chi connectivity index (χ4v) is 2.84. The molecule has 23 heavy (non-hydrogen) atoms. The molecule has 0 bridgehead atoms. The molecule has 1 aliphatic rings. The van der Waals surface area contributed by atoms with E-state index < -0.39 is 5.54 Å². The van der Waals surface area contributed by atoms with Crippen molar-refractivity contribution in [2.75, 3.05) is 0 Å². The Balaban J connectivity index is 2.61. The summed E-state index contributed by atoms with van der Waals surface area (Å²) >= 11 is 0. The van der Waals surface area contributed by atoms with E-state index in [0.29, 0.717) is 0 Å². The van der Waals surface area contributed by atoms with Crippen molar-refractivity contribution in [1.29, 1.82) is 0 Å². The standard InChI is InChI=1S/C20H27N3/c1-12-10-9-11-13(2)19(12)21-18(7)20(8)16(5)14(3)15(4)17(6)22-23-20/h9-11H,1-8H3. The van der Waals surface area contributed by atoms with Crippen molar-refractivity contribution < 1.29 is 0 Å². The lowest BCUT2D eigenvalue weighted by molar-refractivity contribution is 0.678. The Kier molecular flexibility index (Phi) is 4.69. The largest absolute Gasteiger partial charge is 0.255 e. The highest BCUT2D eigenvalue weighted by Crippen LogP contribution is 2.35. The van der Waals surface area contributed by atoms with E-state index in [1.165, 1.54) is 27.8 Å². The van der Waals surface area contributed by atoms with Crippen LogP contribution in [-0.4, -0.2) is 11.3 Å². The summed E-state index contributed by atoms with van der Waals surface area (Å²) in [7, 11) is 0. The van der Waals surface area contributed by atoms with Crippen LogP contribution in [-0.2, 0) is 0 Å². The van der Waals surface area contributed by atoms with Crippen LogP contribution in [0.25, 0.3) is 0 Å². The van der Waals surface area contributed by atoms with Crippen LogP contribution < -0.4 is 0 Å². The van der Waals surface area contributed by atoms with Gasteiger partial charge in [0.05, 0.1) is 11.4 Å². The molecule has 0 N–H and O–H groups in total. The lowest BCUT2D eigenvalue weighted by atomic mass is 9.84. The minimum absolute atomic E-state index is 0.502. The molecule has 0 saturated heterocycles. The molecule has 0 fully saturated rings. The first-order valence-electron chi connectivity index (χ1n) is 8.09. The summed E-state index contributed by atoms with van der Waals surface area (Å²) < 4.78 is 0. The Morgan fingerprint density at radius 3 is 2.09 bits per heavy atom. The third kappa shape index (κ3) is 3.05. The number of aliphatic imine (C=N–C) groups is 1. The molecule has 1 aliphatic heterocycles. The maximum Gasteiger partial charge on any atom is 0.138 e. The van der Waals surface area contributed by atoms with E-state index in [4.69, 9.17) is 4.99 Å². The first-order valence-corrected chi connectivity index (χ1v) is 8.09. The maximum absolute atomic E-state index is 4.94. The molecule has 0 spiro atoms. The van der Waals surface area contributed by atoms with Crippen molar-refractivity contribution in [1.82, 2.24) is 0 Å². The van der Waals surface area contributed by atoms with Gasteiger partial charge in [0.25, 0.3) is 0 Å². The average molecular weight is 309 g/mol. The zero-order chi connectivity index (χ0) is 17.4. The molecular weight excluding hydrogens is 282 g/mol. The molecular formula is C20H27N3. The molecule has 1 aromatic rings. The van der Waals surface area contributed by atoms with E-state index >= 15 is 0 Å². The molecule has 0 aromatic heterocycles. The highest BCUT2D eigenvalue weighted by Gasteiger charge is 2.33. The summed E-state index contributed by atoms with van der Waals surface area (Å²) in [5, 5.41) is 9.10. The maximum atomic E-state index is 4.94. The molecule has 0 saturated carbocycles. The number of rotatable bonds is 2. The highest BCUT2D eigenvalue weighted by atomic mass is 15.2. The summed E-state index contributed by atoms with van der Waals surface area (Å²) in [4.78, 5) is 4.94. The van der Waals surface area contributed by atoms with E-state index in [1.54, 1.807) is 0 Å². The molecule has 0 amide bonds. The molecule has 2 rings (SSSR count). The molecule has 1 unspecified atom stereocenters. The minimum atomic E-state index is -0.502. The van der Waals surface area contributed by atoms with Gasteiger partial charge in [-0.2, -0.15) is 10.2 Å². The van der Waals surface area contributed by atoms with E-state index in [2.05, 4.69) is 76.9 Å². The van der Waals surface area contributed by atoms with Crippen molar-refractivity contribution in [3.8, 4) is 0 Å². The van der Waals surface area contributed by atoms with Gasteiger partial charge >= 0.3 is 0 Å². The molecule has 3 nitrogen and oxygen atoms in total. The van der Waals surface area contributed by atoms with Gasteiger partial charge in [0.1, 0.15) is 5.54 Å². The van der Waals surface area contributed by atoms with Gasteiger partial charge in [0.2, 0.25) is 0 Å². The highest BCUT2D eigenvalue weighted by molar-refractivity contribution is 5.97. The molecule has 3 heteroatoms. The molecule has 1 heterocycles. The lowest BCUT2D eigenvalue weighted by Crippen LogP contribution is -2.33. The van der Waals surface area contributed by atoms with Gasteiger partial charge < -0.3 is 0 Å². The predicted molar refractivity (Wildman–Crippen MR) is 98.7 cm³/mol. The van der Waals surface area contributed by atoms with Gasteiger partial charge in [-0.1, -0.05) is 18.2 Å². The number of para-hydroxylation sites is 1. The molecule has 1 aromatic carbocycles. The Morgan fingerprint density at radius 2 is 1.52 bits per heavy atom. The van der Waals surface area contributed by atoms with E-state index in [1.807, 2.05) is 6.92 Å². The molecule has 122 valence electrons. The van der Waals surface area contributed by atoms with Gasteiger partial charge in [-0.15, -0.1) is 0 Å². The van der Waals surface area contributed by atoms with Crippen LogP contribution >= 0.6 is 0 Å². The summed E-state index contributed by atoms with van der Waals surface area (Å²) in [5.41, 5.74) is 8.52. The van der Waals surface area contributed by atoms with Gasteiger partial charge in [-0.25, -0.2) is 0 Å². The number of aryl methyl sites for hydroxylation is 2. The van der Waals surface area contributed by atoms with Crippen LogP contribution in [0.4, 0.5) is 5.69 Å². The summed E-state index contributed by atoms with van der Waals surface area (Å²) in [6.45, 7) is 16.8. The van der Waals surface area contributed by atoms with Crippen molar-refractivity contribution >= 4 is 11.4 Å². The Labute approximate surface area is 139 Å². The second-order valence-corrected chi connectivity index (χ2v) is 6.67. The third-order valence-corrected chi connectivity index (χ3v) is 5.22. The van der Waals surface area contributed by atoms with Crippen molar-refractivity contribution in [3.05, 3.63) is 51.7 Å². The van der Waals surface area contributed by atoms with Crippen LogP contribution in [0.15, 0.2) is 55.8 Å². The summed E-state index contributed by atoms with van der Waals surface area (Å²) in [5.74, 6) is 0. The second-order valence-electron chi connectivity index (χ2n) is 6.67. The first kappa shape index (κ1) is 17.3. The average Bonchev–Trinajstić information content (AvgIpc) is 2.59. The van der Waals surface area contributed by atoms with Gasteiger partial charge in [0.15, 0.2) is 0 Å². The van der Waals surface area contributed by atoms with Crippen LogP contribution in [0.2, 0.25) is 0 Å². The van der Waals surface area contributed by atoms with Crippen LogP contribution in [0.3, 0.4) is 0 Å². The number of azo groups is 1. The quantitative estimate of drug-likeness (QED) is 0.579. The van der Waals surface area contributed by atoms with E-state index in [9.17, 15) is 0 Å². The van der Waals surface area contributed by atoms with E-state index in [-0.39, 0.29) is 0 Å². The summed E-state index contributed by atoms with van der Waals surface area (Å²) in [6, 6.07) is 6.26.